The highest BCUT2D eigenvalue weighted by molar-refractivity contribution is 5.54. The van der Waals surface area contributed by atoms with E-state index in [4.69, 9.17) is 15.0 Å². The Hall–Kier alpha value is -1.72. The molecule has 1 unspecified atom stereocenters. The van der Waals surface area contributed by atoms with Gasteiger partial charge < -0.3 is 15.0 Å². The molecule has 3 rings (SSSR count). The molecule has 1 fully saturated rings. The Kier molecular flexibility index (Phi) is 3.08. The monoisotopic (exact) mass is 245 g/mol. The third-order valence-electron chi connectivity index (χ3n) is 3.09. The van der Waals surface area contributed by atoms with Crippen molar-refractivity contribution in [3.8, 4) is 11.4 Å². The lowest BCUT2D eigenvalue weighted by Crippen LogP contribution is -1.96. The molecule has 0 amide bonds. The number of nitrogens with zero attached hydrogens (tertiary/aromatic N) is 2. The highest BCUT2D eigenvalue weighted by atomic mass is 16.5. The molecule has 1 atom stereocenters. The number of rotatable bonds is 3. The fourth-order valence-electron chi connectivity index (χ4n) is 2.05. The molecule has 18 heavy (non-hydrogen) atoms. The Morgan fingerprint density at radius 1 is 1.28 bits per heavy atom. The minimum Gasteiger partial charge on any atom is -0.368 e. The van der Waals surface area contributed by atoms with Crippen molar-refractivity contribution >= 4 is 0 Å². The van der Waals surface area contributed by atoms with Crippen molar-refractivity contribution in [2.45, 2.75) is 25.5 Å². The van der Waals surface area contributed by atoms with Crippen LogP contribution in [-0.2, 0) is 11.3 Å². The summed E-state index contributed by atoms with van der Waals surface area (Å²) in [6.07, 6.45) is 1.97. The maximum atomic E-state index is 5.56. The Morgan fingerprint density at radius 2 is 2.11 bits per heavy atom. The van der Waals surface area contributed by atoms with Crippen LogP contribution in [0, 0.1) is 0 Å². The third-order valence-corrected chi connectivity index (χ3v) is 3.09. The van der Waals surface area contributed by atoms with Crippen LogP contribution < -0.4 is 5.73 Å². The molecule has 5 heteroatoms. The first-order valence-electron chi connectivity index (χ1n) is 6.11. The van der Waals surface area contributed by atoms with E-state index in [9.17, 15) is 0 Å². The minimum atomic E-state index is -0.0328. The second kappa shape index (κ2) is 4.88. The summed E-state index contributed by atoms with van der Waals surface area (Å²) in [5.74, 6) is 1.18. The van der Waals surface area contributed by atoms with Gasteiger partial charge in [0.25, 0.3) is 5.89 Å². The van der Waals surface area contributed by atoms with Gasteiger partial charge in [-0.25, -0.2) is 0 Å². The number of benzene rings is 1. The van der Waals surface area contributed by atoms with Crippen molar-refractivity contribution in [1.82, 2.24) is 10.1 Å². The van der Waals surface area contributed by atoms with E-state index in [0.29, 0.717) is 18.3 Å². The van der Waals surface area contributed by atoms with E-state index in [-0.39, 0.29) is 6.10 Å². The van der Waals surface area contributed by atoms with Crippen LogP contribution in [0.15, 0.2) is 28.8 Å². The first kappa shape index (κ1) is 11.4. The van der Waals surface area contributed by atoms with E-state index in [1.54, 1.807) is 0 Å². The van der Waals surface area contributed by atoms with Gasteiger partial charge in [0.15, 0.2) is 0 Å². The molecule has 2 aromatic rings. The van der Waals surface area contributed by atoms with Crippen molar-refractivity contribution in [3.05, 3.63) is 35.7 Å². The number of hydrogen-bond donors (Lipinski definition) is 1. The summed E-state index contributed by atoms with van der Waals surface area (Å²) in [7, 11) is 0. The number of nitrogens with two attached hydrogens (primary N) is 1. The van der Waals surface area contributed by atoms with E-state index < -0.39 is 0 Å². The van der Waals surface area contributed by atoms with Crippen LogP contribution in [0.5, 0.6) is 0 Å². The summed E-state index contributed by atoms with van der Waals surface area (Å²) >= 11 is 0. The second-order valence-electron chi connectivity index (χ2n) is 4.36. The van der Waals surface area contributed by atoms with Crippen LogP contribution in [0.1, 0.15) is 30.4 Å². The van der Waals surface area contributed by atoms with Gasteiger partial charge in [-0.05, 0) is 18.4 Å². The van der Waals surface area contributed by atoms with Crippen LogP contribution in [-0.4, -0.2) is 16.7 Å². The SMILES string of the molecule is NCc1ccc(-c2noc(C3CCCO3)n2)cc1. The lowest BCUT2D eigenvalue weighted by atomic mass is 10.1. The Morgan fingerprint density at radius 3 is 2.78 bits per heavy atom. The van der Waals surface area contributed by atoms with Gasteiger partial charge in [-0.3, -0.25) is 0 Å². The minimum absolute atomic E-state index is 0.0328. The zero-order valence-electron chi connectivity index (χ0n) is 10.0. The molecule has 1 aromatic heterocycles. The molecule has 2 heterocycles. The van der Waals surface area contributed by atoms with Crippen LogP contribution in [0.25, 0.3) is 11.4 Å². The molecule has 1 saturated heterocycles. The normalized spacial score (nSPS) is 19.3. The first-order chi connectivity index (χ1) is 8.86. The topological polar surface area (TPSA) is 74.2 Å². The van der Waals surface area contributed by atoms with Gasteiger partial charge in [-0.15, -0.1) is 0 Å². The van der Waals surface area contributed by atoms with Gasteiger partial charge in [-0.2, -0.15) is 4.98 Å². The van der Waals surface area contributed by atoms with Crippen molar-refractivity contribution in [3.63, 3.8) is 0 Å². The lowest BCUT2D eigenvalue weighted by molar-refractivity contribution is 0.0835. The van der Waals surface area contributed by atoms with Crippen LogP contribution >= 0.6 is 0 Å². The molecule has 1 aliphatic heterocycles. The summed E-state index contributed by atoms with van der Waals surface area (Å²) in [4.78, 5) is 4.38. The largest absolute Gasteiger partial charge is 0.368 e. The Bertz CT molecular complexity index is 515. The second-order valence-corrected chi connectivity index (χ2v) is 4.36. The molecular weight excluding hydrogens is 230 g/mol. The molecule has 0 aliphatic carbocycles. The smallest absolute Gasteiger partial charge is 0.256 e. The summed E-state index contributed by atoms with van der Waals surface area (Å²) in [5, 5.41) is 3.99. The Labute approximate surface area is 105 Å². The summed E-state index contributed by atoms with van der Waals surface area (Å²) in [6.45, 7) is 1.31. The van der Waals surface area contributed by atoms with Crippen molar-refractivity contribution in [2.75, 3.05) is 6.61 Å². The summed E-state index contributed by atoms with van der Waals surface area (Å²) < 4.78 is 10.8. The predicted molar refractivity (Wildman–Crippen MR) is 65.6 cm³/mol. The van der Waals surface area contributed by atoms with E-state index in [1.807, 2.05) is 24.3 Å². The molecular formula is C13H15N3O2. The fourth-order valence-corrected chi connectivity index (χ4v) is 2.05. The zero-order valence-corrected chi connectivity index (χ0v) is 10.0. The highest BCUT2D eigenvalue weighted by Crippen LogP contribution is 2.28. The molecule has 0 spiro atoms. The average Bonchev–Trinajstić information content (AvgIpc) is 3.09. The van der Waals surface area contributed by atoms with Crippen LogP contribution in [0.3, 0.4) is 0 Å². The summed E-state index contributed by atoms with van der Waals surface area (Å²) in [6, 6.07) is 7.84. The van der Waals surface area contributed by atoms with E-state index in [2.05, 4.69) is 10.1 Å². The summed E-state index contributed by atoms with van der Waals surface area (Å²) in [5.41, 5.74) is 7.57. The number of aromatic nitrogens is 2. The molecule has 1 aromatic carbocycles. The van der Waals surface area contributed by atoms with E-state index in [1.165, 1.54) is 0 Å². The maximum absolute atomic E-state index is 5.56. The third kappa shape index (κ3) is 2.14. The molecule has 5 nitrogen and oxygen atoms in total. The van der Waals surface area contributed by atoms with Gasteiger partial charge >= 0.3 is 0 Å². The molecule has 2 N–H and O–H groups in total. The van der Waals surface area contributed by atoms with E-state index >= 15 is 0 Å². The molecule has 0 radical (unpaired) electrons. The fraction of sp³-hybridized carbons (Fsp3) is 0.385. The Balaban J connectivity index is 1.82. The number of hydrogen-bond acceptors (Lipinski definition) is 5. The maximum Gasteiger partial charge on any atom is 0.256 e. The van der Waals surface area contributed by atoms with Crippen molar-refractivity contribution in [1.29, 1.82) is 0 Å². The average molecular weight is 245 g/mol. The van der Waals surface area contributed by atoms with Gasteiger partial charge in [0.2, 0.25) is 5.82 Å². The van der Waals surface area contributed by atoms with Crippen LogP contribution in [0.2, 0.25) is 0 Å². The van der Waals surface area contributed by atoms with E-state index in [0.717, 1.165) is 30.6 Å². The predicted octanol–water partition coefficient (Wildman–Crippen LogP) is 2.05. The van der Waals surface area contributed by atoms with Crippen LogP contribution in [0.4, 0.5) is 0 Å². The lowest BCUT2D eigenvalue weighted by Gasteiger charge is -2.00. The molecule has 94 valence electrons. The van der Waals surface area contributed by atoms with Crippen molar-refractivity contribution < 1.29 is 9.26 Å². The molecule has 0 bridgehead atoms. The van der Waals surface area contributed by atoms with Gasteiger partial charge in [0, 0.05) is 18.7 Å². The van der Waals surface area contributed by atoms with Gasteiger partial charge in [0.1, 0.15) is 6.10 Å². The molecule has 1 aliphatic rings. The van der Waals surface area contributed by atoms with Gasteiger partial charge in [-0.1, -0.05) is 29.4 Å². The highest BCUT2D eigenvalue weighted by Gasteiger charge is 2.24. The standard InChI is InChI=1S/C13H15N3O2/c14-8-9-3-5-10(6-4-9)12-15-13(18-16-12)11-2-1-7-17-11/h3-6,11H,1-2,7-8,14H2. The number of ether oxygens (including phenoxy) is 1. The quantitative estimate of drug-likeness (QED) is 0.895. The first-order valence-corrected chi connectivity index (χ1v) is 6.11. The van der Waals surface area contributed by atoms with Gasteiger partial charge in [0.05, 0.1) is 0 Å². The van der Waals surface area contributed by atoms with Crippen molar-refractivity contribution in [2.24, 2.45) is 5.73 Å². The zero-order chi connectivity index (χ0) is 12.4. The molecule has 0 saturated carbocycles.